The maximum Gasteiger partial charge on any atom is 0.125 e. The minimum Gasteiger partial charge on any atom is -0.496 e. The molecule has 1 aromatic carbocycles. The number of halogens is 1. The van der Waals surface area contributed by atoms with Gasteiger partial charge in [-0.2, -0.15) is 0 Å². The van der Waals surface area contributed by atoms with Crippen molar-refractivity contribution < 1.29 is 4.74 Å². The highest BCUT2D eigenvalue weighted by molar-refractivity contribution is 6.30. The van der Waals surface area contributed by atoms with E-state index < -0.39 is 0 Å². The SMILES string of the molecule is CCC(C)CC(NC)c1ccc(Cl)cc1OC. The first-order valence-corrected chi connectivity index (χ1v) is 6.50. The van der Waals surface area contributed by atoms with E-state index >= 15 is 0 Å². The van der Waals surface area contributed by atoms with Crippen molar-refractivity contribution in [2.24, 2.45) is 5.92 Å². The summed E-state index contributed by atoms with van der Waals surface area (Å²) in [6.07, 6.45) is 2.29. The van der Waals surface area contributed by atoms with Gasteiger partial charge >= 0.3 is 0 Å². The second kappa shape index (κ2) is 6.87. The molecule has 3 heteroatoms. The molecule has 2 atom stereocenters. The van der Waals surface area contributed by atoms with Crippen LogP contribution in [0, 0.1) is 5.92 Å². The van der Waals surface area contributed by atoms with E-state index in [0.717, 1.165) is 12.2 Å². The Kier molecular flexibility index (Phi) is 5.79. The molecule has 2 unspecified atom stereocenters. The Bertz CT molecular complexity index is 354. The van der Waals surface area contributed by atoms with E-state index in [2.05, 4.69) is 19.2 Å². The average molecular weight is 256 g/mol. The summed E-state index contributed by atoms with van der Waals surface area (Å²) in [5, 5.41) is 4.07. The lowest BCUT2D eigenvalue weighted by Gasteiger charge is -2.22. The molecule has 0 saturated heterocycles. The number of methoxy groups -OCH3 is 1. The van der Waals surface area contributed by atoms with Crippen molar-refractivity contribution in [2.75, 3.05) is 14.2 Å². The van der Waals surface area contributed by atoms with Crippen LogP contribution in [0.4, 0.5) is 0 Å². The predicted molar refractivity (Wildman–Crippen MR) is 73.9 cm³/mol. The number of nitrogens with one attached hydrogen (secondary N) is 1. The van der Waals surface area contributed by atoms with Gasteiger partial charge in [-0.05, 0) is 31.5 Å². The quantitative estimate of drug-likeness (QED) is 0.828. The van der Waals surface area contributed by atoms with E-state index in [4.69, 9.17) is 16.3 Å². The topological polar surface area (TPSA) is 21.3 Å². The summed E-state index contributed by atoms with van der Waals surface area (Å²) in [4.78, 5) is 0. The van der Waals surface area contributed by atoms with Gasteiger partial charge in [-0.25, -0.2) is 0 Å². The average Bonchev–Trinajstić information content (AvgIpc) is 2.35. The minimum atomic E-state index is 0.317. The van der Waals surface area contributed by atoms with Crippen LogP contribution in [0.15, 0.2) is 18.2 Å². The van der Waals surface area contributed by atoms with Gasteiger partial charge in [-0.1, -0.05) is 37.9 Å². The van der Waals surface area contributed by atoms with Crippen LogP contribution < -0.4 is 10.1 Å². The van der Waals surface area contributed by atoms with E-state index in [-0.39, 0.29) is 0 Å². The van der Waals surface area contributed by atoms with Crippen LogP contribution in [0.5, 0.6) is 5.75 Å². The molecule has 1 aromatic rings. The fraction of sp³-hybridized carbons (Fsp3) is 0.571. The zero-order valence-electron chi connectivity index (χ0n) is 11.1. The standard InChI is InChI=1S/C14H22ClNO/c1-5-10(2)8-13(16-3)12-7-6-11(15)9-14(12)17-4/h6-7,9-10,13,16H,5,8H2,1-4H3. The Labute approximate surface area is 109 Å². The molecule has 0 fully saturated rings. The van der Waals surface area contributed by atoms with E-state index in [0.29, 0.717) is 17.0 Å². The van der Waals surface area contributed by atoms with E-state index in [1.54, 1.807) is 7.11 Å². The highest BCUT2D eigenvalue weighted by Gasteiger charge is 2.16. The first-order chi connectivity index (χ1) is 8.12. The molecule has 96 valence electrons. The Balaban J connectivity index is 2.94. The first-order valence-electron chi connectivity index (χ1n) is 6.13. The summed E-state index contributed by atoms with van der Waals surface area (Å²) < 4.78 is 5.40. The third-order valence-electron chi connectivity index (χ3n) is 3.25. The van der Waals surface area contributed by atoms with Gasteiger partial charge in [0.15, 0.2) is 0 Å². The van der Waals surface area contributed by atoms with Gasteiger partial charge in [0.25, 0.3) is 0 Å². The number of hydrogen-bond acceptors (Lipinski definition) is 2. The van der Waals surface area contributed by atoms with E-state index in [1.807, 2.05) is 25.2 Å². The summed E-state index contributed by atoms with van der Waals surface area (Å²) >= 11 is 5.98. The first kappa shape index (κ1) is 14.3. The van der Waals surface area contributed by atoms with Crippen molar-refractivity contribution in [3.63, 3.8) is 0 Å². The molecule has 0 aliphatic carbocycles. The Morgan fingerprint density at radius 3 is 2.65 bits per heavy atom. The third kappa shape index (κ3) is 3.90. The summed E-state index contributed by atoms with van der Waals surface area (Å²) in [6.45, 7) is 4.49. The van der Waals surface area contributed by atoms with Crippen molar-refractivity contribution in [3.8, 4) is 5.75 Å². The van der Waals surface area contributed by atoms with Crippen LogP contribution in [0.3, 0.4) is 0 Å². The smallest absolute Gasteiger partial charge is 0.125 e. The molecule has 0 amide bonds. The van der Waals surface area contributed by atoms with E-state index in [9.17, 15) is 0 Å². The molecule has 0 aliphatic heterocycles. The molecule has 0 spiro atoms. The minimum absolute atomic E-state index is 0.317. The summed E-state index contributed by atoms with van der Waals surface area (Å²) in [5.74, 6) is 1.55. The Morgan fingerprint density at radius 2 is 2.12 bits per heavy atom. The zero-order valence-corrected chi connectivity index (χ0v) is 11.8. The van der Waals surface area contributed by atoms with Gasteiger partial charge in [0, 0.05) is 16.6 Å². The Hall–Kier alpha value is -0.730. The van der Waals surface area contributed by atoms with Gasteiger partial charge in [0.05, 0.1) is 7.11 Å². The van der Waals surface area contributed by atoms with Crippen LogP contribution in [0.1, 0.15) is 38.3 Å². The lowest BCUT2D eigenvalue weighted by atomic mass is 9.94. The molecule has 1 N–H and O–H groups in total. The zero-order chi connectivity index (χ0) is 12.8. The van der Waals surface area contributed by atoms with Crippen molar-refractivity contribution >= 4 is 11.6 Å². The largest absolute Gasteiger partial charge is 0.496 e. The lowest BCUT2D eigenvalue weighted by molar-refractivity contribution is 0.380. The molecule has 0 aliphatic rings. The molecule has 0 aromatic heterocycles. The van der Waals surface area contributed by atoms with Gasteiger partial charge in [0.1, 0.15) is 5.75 Å². The number of rotatable bonds is 6. The van der Waals surface area contributed by atoms with Crippen molar-refractivity contribution in [3.05, 3.63) is 28.8 Å². The van der Waals surface area contributed by atoms with Gasteiger partial charge < -0.3 is 10.1 Å². The van der Waals surface area contributed by atoms with Gasteiger partial charge in [-0.15, -0.1) is 0 Å². The van der Waals surface area contributed by atoms with Crippen molar-refractivity contribution in [1.82, 2.24) is 5.32 Å². The maximum absolute atomic E-state index is 5.98. The normalized spacial score (nSPS) is 14.4. The van der Waals surface area contributed by atoms with Crippen LogP contribution in [0.2, 0.25) is 5.02 Å². The number of ether oxygens (including phenoxy) is 1. The molecule has 0 bridgehead atoms. The van der Waals surface area contributed by atoms with Crippen LogP contribution in [0.25, 0.3) is 0 Å². The molecule has 2 nitrogen and oxygen atoms in total. The highest BCUT2D eigenvalue weighted by Crippen LogP contribution is 2.32. The van der Waals surface area contributed by atoms with Crippen molar-refractivity contribution in [1.29, 1.82) is 0 Å². The van der Waals surface area contributed by atoms with Crippen molar-refractivity contribution in [2.45, 2.75) is 32.7 Å². The fourth-order valence-electron chi connectivity index (χ4n) is 1.94. The Morgan fingerprint density at radius 1 is 1.41 bits per heavy atom. The summed E-state index contributed by atoms with van der Waals surface area (Å²) in [5.41, 5.74) is 1.18. The second-order valence-corrected chi connectivity index (χ2v) is 4.91. The summed E-state index contributed by atoms with van der Waals surface area (Å²) in [6, 6.07) is 6.15. The van der Waals surface area contributed by atoms with Crippen LogP contribution >= 0.6 is 11.6 Å². The molecule has 0 saturated carbocycles. The summed E-state index contributed by atoms with van der Waals surface area (Å²) in [7, 11) is 3.67. The van der Waals surface area contributed by atoms with Crippen LogP contribution in [-0.4, -0.2) is 14.2 Å². The predicted octanol–water partition coefficient (Wildman–Crippen LogP) is 4.05. The molecular formula is C14H22ClNO. The molecule has 0 radical (unpaired) electrons. The van der Waals surface area contributed by atoms with Gasteiger partial charge in [-0.3, -0.25) is 0 Å². The number of benzene rings is 1. The molecule has 0 heterocycles. The van der Waals surface area contributed by atoms with Gasteiger partial charge in [0.2, 0.25) is 0 Å². The molecular weight excluding hydrogens is 234 g/mol. The monoisotopic (exact) mass is 255 g/mol. The molecule has 1 rings (SSSR count). The lowest BCUT2D eigenvalue weighted by Crippen LogP contribution is -2.19. The second-order valence-electron chi connectivity index (χ2n) is 4.48. The fourth-order valence-corrected chi connectivity index (χ4v) is 2.10. The van der Waals surface area contributed by atoms with E-state index in [1.165, 1.54) is 12.0 Å². The third-order valence-corrected chi connectivity index (χ3v) is 3.49. The maximum atomic E-state index is 5.98. The number of hydrogen-bond donors (Lipinski definition) is 1. The molecule has 17 heavy (non-hydrogen) atoms. The van der Waals surface area contributed by atoms with Crippen LogP contribution in [-0.2, 0) is 0 Å². The highest BCUT2D eigenvalue weighted by atomic mass is 35.5.